The SMILES string of the molecule is COc1cc(/C=N/NC(=O)CSc2nc3ccccc3o2)ccc1OCc1ccc(Br)cc1. The maximum atomic E-state index is 12.1. The van der Waals surface area contributed by atoms with E-state index >= 15 is 0 Å². The molecule has 4 rings (SSSR count). The Bertz CT molecular complexity index is 1240. The van der Waals surface area contributed by atoms with Crippen LogP contribution in [0, 0.1) is 0 Å². The summed E-state index contributed by atoms with van der Waals surface area (Å²) in [6.07, 6.45) is 1.54. The highest BCUT2D eigenvalue weighted by molar-refractivity contribution is 9.10. The van der Waals surface area contributed by atoms with Crippen LogP contribution in [-0.2, 0) is 11.4 Å². The summed E-state index contributed by atoms with van der Waals surface area (Å²) in [4.78, 5) is 16.4. The number of nitrogens with zero attached hydrogens (tertiary/aromatic N) is 2. The van der Waals surface area contributed by atoms with Crippen LogP contribution in [0.4, 0.5) is 0 Å². The van der Waals surface area contributed by atoms with Crippen molar-refractivity contribution in [2.75, 3.05) is 12.9 Å². The normalized spacial score (nSPS) is 11.1. The molecular weight excluding hydrogens is 506 g/mol. The minimum Gasteiger partial charge on any atom is -0.493 e. The number of nitrogens with one attached hydrogen (secondary N) is 1. The number of hydrogen-bond donors (Lipinski definition) is 1. The first kappa shape index (κ1) is 22.9. The van der Waals surface area contributed by atoms with Crippen LogP contribution in [0.15, 0.2) is 85.9 Å². The second kappa shape index (κ2) is 11.0. The largest absolute Gasteiger partial charge is 0.493 e. The Balaban J connectivity index is 1.28. The van der Waals surface area contributed by atoms with Crippen molar-refractivity contribution in [2.24, 2.45) is 5.10 Å². The fourth-order valence-electron chi connectivity index (χ4n) is 2.88. The van der Waals surface area contributed by atoms with Crippen molar-refractivity contribution >= 4 is 50.9 Å². The second-order valence-electron chi connectivity index (χ2n) is 6.85. The van der Waals surface area contributed by atoms with Gasteiger partial charge in [0, 0.05) is 4.47 Å². The third kappa shape index (κ3) is 6.36. The van der Waals surface area contributed by atoms with Crippen molar-refractivity contribution in [3.05, 3.63) is 82.3 Å². The third-order valence-electron chi connectivity index (χ3n) is 4.50. The van der Waals surface area contributed by atoms with Gasteiger partial charge in [0.25, 0.3) is 11.1 Å². The molecule has 168 valence electrons. The van der Waals surface area contributed by atoms with Crippen molar-refractivity contribution in [3.8, 4) is 11.5 Å². The highest BCUT2D eigenvalue weighted by Crippen LogP contribution is 2.28. The summed E-state index contributed by atoms with van der Waals surface area (Å²) in [5.41, 5.74) is 5.76. The number of amides is 1. The number of fused-ring (bicyclic) bond motifs is 1. The molecule has 3 aromatic carbocycles. The molecule has 0 aliphatic carbocycles. The zero-order valence-electron chi connectivity index (χ0n) is 17.7. The maximum Gasteiger partial charge on any atom is 0.257 e. The smallest absolute Gasteiger partial charge is 0.257 e. The van der Waals surface area contributed by atoms with Crippen LogP contribution in [0.3, 0.4) is 0 Å². The average molecular weight is 526 g/mol. The van der Waals surface area contributed by atoms with Gasteiger partial charge in [-0.05, 0) is 53.6 Å². The molecule has 1 N–H and O–H groups in total. The fourth-order valence-corrected chi connectivity index (χ4v) is 3.77. The number of rotatable bonds is 9. The van der Waals surface area contributed by atoms with Crippen molar-refractivity contribution in [3.63, 3.8) is 0 Å². The van der Waals surface area contributed by atoms with E-state index in [1.807, 2.05) is 60.7 Å². The van der Waals surface area contributed by atoms with E-state index in [0.29, 0.717) is 28.9 Å². The van der Waals surface area contributed by atoms with Crippen LogP contribution in [-0.4, -0.2) is 30.0 Å². The molecule has 0 atom stereocenters. The Morgan fingerprint density at radius 1 is 1.15 bits per heavy atom. The average Bonchev–Trinajstić information content (AvgIpc) is 3.26. The van der Waals surface area contributed by atoms with E-state index in [-0.39, 0.29) is 11.7 Å². The monoisotopic (exact) mass is 525 g/mol. The molecule has 0 radical (unpaired) electrons. The van der Waals surface area contributed by atoms with E-state index in [4.69, 9.17) is 13.9 Å². The number of hydrogen-bond acceptors (Lipinski definition) is 7. The number of hydrazone groups is 1. The molecule has 0 saturated heterocycles. The van der Waals surface area contributed by atoms with Gasteiger partial charge in [-0.3, -0.25) is 4.79 Å². The summed E-state index contributed by atoms with van der Waals surface area (Å²) in [5, 5.41) is 4.46. The number of oxazole rings is 1. The molecule has 1 aromatic heterocycles. The summed E-state index contributed by atoms with van der Waals surface area (Å²) < 4.78 is 17.9. The van der Waals surface area contributed by atoms with Crippen LogP contribution in [0.2, 0.25) is 0 Å². The van der Waals surface area contributed by atoms with Crippen LogP contribution >= 0.6 is 27.7 Å². The minimum absolute atomic E-state index is 0.135. The van der Waals surface area contributed by atoms with Gasteiger partial charge in [-0.1, -0.05) is 52.0 Å². The summed E-state index contributed by atoms with van der Waals surface area (Å²) in [6, 6.07) is 20.8. The minimum atomic E-state index is -0.264. The zero-order valence-corrected chi connectivity index (χ0v) is 20.1. The van der Waals surface area contributed by atoms with Crippen LogP contribution in [0.25, 0.3) is 11.1 Å². The lowest BCUT2D eigenvalue weighted by atomic mass is 10.2. The van der Waals surface area contributed by atoms with Gasteiger partial charge in [0.1, 0.15) is 12.1 Å². The number of benzene rings is 3. The van der Waals surface area contributed by atoms with E-state index in [1.165, 1.54) is 11.8 Å². The molecule has 4 aromatic rings. The lowest BCUT2D eigenvalue weighted by Crippen LogP contribution is -2.19. The molecule has 0 saturated carbocycles. The maximum absolute atomic E-state index is 12.1. The number of para-hydroxylation sites is 2. The lowest BCUT2D eigenvalue weighted by Gasteiger charge is -2.11. The Morgan fingerprint density at radius 3 is 2.76 bits per heavy atom. The molecule has 0 aliphatic rings. The quantitative estimate of drug-likeness (QED) is 0.178. The predicted molar refractivity (Wildman–Crippen MR) is 132 cm³/mol. The highest BCUT2D eigenvalue weighted by Gasteiger charge is 2.09. The summed E-state index contributed by atoms with van der Waals surface area (Å²) in [7, 11) is 1.58. The second-order valence-corrected chi connectivity index (χ2v) is 8.70. The lowest BCUT2D eigenvalue weighted by molar-refractivity contribution is -0.118. The van der Waals surface area contributed by atoms with Crippen molar-refractivity contribution in [1.82, 2.24) is 10.4 Å². The van der Waals surface area contributed by atoms with E-state index in [0.717, 1.165) is 21.1 Å². The number of carbonyl (C=O) groups excluding carboxylic acids is 1. The number of ether oxygens (including phenoxy) is 2. The number of carbonyl (C=O) groups is 1. The van der Waals surface area contributed by atoms with Gasteiger partial charge in [-0.25, -0.2) is 10.4 Å². The number of halogens is 1. The Hall–Kier alpha value is -3.30. The molecular formula is C24H20BrN3O4S. The van der Waals surface area contributed by atoms with Gasteiger partial charge in [0.05, 0.1) is 19.1 Å². The Labute approximate surface area is 203 Å². The van der Waals surface area contributed by atoms with Gasteiger partial charge in [0.15, 0.2) is 17.1 Å². The molecule has 0 fully saturated rings. The topological polar surface area (TPSA) is 86.0 Å². The van der Waals surface area contributed by atoms with E-state index in [2.05, 4.69) is 31.4 Å². The van der Waals surface area contributed by atoms with E-state index in [9.17, 15) is 4.79 Å². The number of thioether (sulfide) groups is 1. The summed E-state index contributed by atoms with van der Waals surface area (Å²) in [6.45, 7) is 0.422. The predicted octanol–water partition coefficient (Wildman–Crippen LogP) is 5.42. The van der Waals surface area contributed by atoms with Crippen LogP contribution in [0.1, 0.15) is 11.1 Å². The Kier molecular flexibility index (Phi) is 7.64. The molecule has 1 amide bonds. The van der Waals surface area contributed by atoms with Crippen LogP contribution < -0.4 is 14.9 Å². The highest BCUT2D eigenvalue weighted by atomic mass is 79.9. The van der Waals surface area contributed by atoms with Gasteiger partial charge in [0.2, 0.25) is 0 Å². The van der Waals surface area contributed by atoms with Gasteiger partial charge in [-0.2, -0.15) is 5.10 Å². The van der Waals surface area contributed by atoms with E-state index < -0.39 is 0 Å². The fraction of sp³-hybridized carbons (Fsp3) is 0.125. The zero-order chi connectivity index (χ0) is 23.0. The molecule has 0 aliphatic heterocycles. The number of methoxy groups -OCH3 is 1. The molecule has 0 bridgehead atoms. The molecule has 9 heteroatoms. The number of aromatic nitrogens is 1. The summed E-state index contributed by atoms with van der Waals surface area (Å²) in [5.74, 6) is 1.07. The van der Waals surface area contributed by atoms with Crippen LogP contribution in [0.5, 0.6) is 11.5 Å². The standard InChI is InChI=1S/C24H20BrN3O4S/c1-30-22-12-17(8-11-21(22)31-14-16-6-9-18(25)10-7-16)13-26-28-23(29)15-33-24-27-19-4-2-3-5-20(19)32-24/h2-13H,14-15H2,1H3,(H,28,29)/b26-13+. The first-order valence-corrected chi connectivity index (χ1v) is 11.7. The van der Waals surface area contributed by atoms with Crippen molar-refractivity contribution < 1.29 is 18.7 Å². The first-order chi connectivity index (χ1) is 16.1. The Morgan fingerprint density at radius 2 is 1.97 bits per heavy atom. The molecule has 33 heavy (non-hydrogen) atoms. The van der Waals surface area contributed by atoms with Gasteiger partial charge in [-0.15, -0.1) is 0 Å². The van der Waals surface area contributed by atoms with Crippen molar-refractivity contribution in [1.29, 1.82) is 0 Å². The first-order valence-electron chi connectivity index (χ1n) is 9.96. The van der Waals surface area contributed by atoms with Crippen molar-refractivity contribution in [2.45, 2.75) is 11.8 Å². The molecule has 1 heterocycles. The van der Waals surface area contributed by atoms with Gasteiger partial charge >= 0.3 is 0 Å². The molecule has 0 unspecified atom stereocenters. The molecule has 7 nitrogen and oxygen atoms in total. The third-order valence-corrected chi connectivity index (χ3v) is 5.86. The van der Waals surface area contributed by atoms with E-state index in [1.54, 1.807) is 19.4 Å². The van der Waals surface area contributed by atoms with Gasteiger partial charge < -0.3 is 13.9 Å². The summed E-state index contributed by atoms with van der Waals surface area (Å²) >= 11 is 4.63. The molecule has 0 spiro atoms.